The molecule has 102 valence electrons. The Labute approximate surface area is 112 Å². The molecule has 2 N–H and O–H groups in total. The van der Waals surface area contributed by atoms with Crippen molar-refractivity contribution in [3.8, 4) is 5.75 Å². The van der Waals surface area contributed by atoms with Crippen molar-refractivity contribution in [2.75, 3.05) is 0 Å². The predicted molar refractivity (Wildman–Crippen MR) is 71.2 cm³/mol. The fourth-order valence-electron chi connectivity index (χ4n) is 1.82. The third-order valence-corrected chi connectivity index (χ3v) is 2.87. The molecular formula is C14H18FN3O. The van der Waals surface area contributed by atoms with Crippen LogP contribution < -0.4 is 10.5 Å². The quantitative estimate of drug-likeness (QED) is 0.902. The van der Waals surface area contributed by atoms with Crippen LogP contribution in [-0.4, -0.2) is 9.78 Å². The van der Waals surface area contributed by atoms with Gasteiger partial charge in [0.2, 0.25) is 0 Å². The molecule has 0 aliphatic rings. The molecule has 1 heterocycles. The zero-order valence-electron chi connectivity index (χ0n) is 11.1. The molecule has 0 bridgehead atoms. The molecule has 2 aromatic rings. The van der Waals surface area contributed by atoms with Gasteiger partial charge in [-0.3, -0.25) is 4.68 Å². The second-order valence-corrected chi connectivity index (χ2v) is 4.46. The van der Waals surface area contributed by atoms with Crippen molar-refractivity contribution in [3.05, 3.63) is 47.5 Å². The summed E-state index contributed by atoms with van der Waals surface area (Å²) in [6, 6.07) is 4.12. The van der Waals surface area contributed by atoms with E-state index in [0.29, 0.717) is 17.9 Å². The highest BCUT2D eigenvalue weighted by Gasteiger charge is 2.10. The number of hydrogen-bond donors (Lipinski definition) is 1. The first-order chi connectivity index (χ1) is 9.10. The lowest BCUT2D eigenvalue weighted by atomic mass is 10.1. The third-order valence-electron chi connectivity index (χ3n) is 2.87. The van der Waals surface area contributed by atoms with Crippen LogP contribution in [0.5, 0.6) is 5.75 Å². The van der Waals surface area contributed by atoms with Gasteiger partial charge < -0.3 is 10.5 Å². The Morgan fingerprint density at radius 2 is 2.26 bits per heavy atom. The van der Waals surface area contributed by atoms with E-state index < -0.39 is 0 Å². The van der Waals surface area contributed by atoms with Crippen LogP contribution >= 0.6 is 0 Å². The van der Waals surface area contributed by atoms with Gasteiger partial charge in [-0.2, -0.15) is 5.10 Å². The molecule has 0 aliphatic heterocycles. The molecule has 0 spiro atoms. The summed E-state index contributed by atoms with van der Waals surface area (Å²) in [5.74, 6) is 0.305. The van der Waals surface area contributed by atoms with Crippen LogP contribution in [0.15, 0.2) is 30.6 Å². The monoisotopic (exact) mass is 263 g/mol. The molecule has 0 saturated carbocycles. The molecule has 2 rings (SSSR count). The van der Waals surface area contributed by atoms with E-state index in [0.717, 1.165) is 12.1 Å². The maximum absolute atomic E-state index is 13.2. The van der Waals surface area contributed by atoms with E-state index in [4.69, 9.17) is 10.5 Å². The maximum atomic E-state index is 13.2. The fraction of sp³-hybridized carbons (Fsp3) is 0.357. The van der Waals surface area contributed by atoms with Gasteiger partial charge in [0.05, 0.1) is 6.20 Å². The van der Waals surface area contributed by atoms with Crippen molar-refractivity contribution in [2.24, 2.45) is 5.73 Å². The summed E-state index contributed by atoms with van der Waals surface area (Å²) in [5.41, 5.74) is 7.46. The Morgan fingerprint density at radius 1 is 1.47 bits per heavy atom. The van der Waals surface area contributed by atoms with Crippen molar-refractivity contribution in [2.45, 2.75) is 33.0 Å². The molecule has 1 atom stereocenters. The van der Waals surface area contributed by atoms with E-state index in [-0.39, 0.29) is 11.9 Å². The summed E-state index contributed by atoms with van der Waals surface area (Å²) < 4.78 is 20.7. The average molecular weight is 263 g/mol. The molecular weight excluding hydrogens is 245 g/mol. The number of aromatic nitrogens is 2. The second-order valence-electron chi connectivity index (χ2n) is 4.46. The summed E-state index contributed by atoms with van der Waals surface area (Å²) in [6.07, 6.45) is 3.69. The topological polar surface area (TPSA) is 53.1 Å². The second kappa shape index (κ2) is 5.84. The fourth-order valence-corrected chi connectivity index (χ4v) is 1.82. The average Bonchev–Trinajstić information content (AvgIpc) is 2.85. The highest BCUT2D eigenvalue weighted by Crippen LogP contribution is 2.25. The molecule has 1 aromatic heterocycles. The molecule has 1 aromatic carbocycles. The zero-order valence-corrected chi connectivity index (χ0v) is 11.1. The molecule has 4 nitrogen and oxygen atoms in total. The number of benzene rings is 1. The highest BCUT2D eigenvalue weighted by atomic mass is 19.1. The smallest absolute Gasteiger partial charge is 0.124 e. The Morgan fingerprint density at radius 3 is 2.89 bits per heavy atom. The zero-order chi connectivity index (χ0) is 13.8. The molecule has 0 amide bonds. The van der Waals surface area contributed by atoms with Gasteiger partial charge in [-0.1, -0.05) is 0 Å². The first-order valence-electron chi connectivity index (χ1n) is 6.29. The predicted octanol–water partition coefficient (Wildman–Crippen LogP) is 2.64. The van der Waals surface area contributed by atoms with E-state index in [2.05, 4.69) is 5.10 Å². The number of nitrogens with zero attached hydrogens (tertiary/aromatic N) is 2. The summed E-state index contributed by atoms with van der Waals surface area (Å²) >= 11 is 0. The van der Waals surface area contributed by atoms with Crippen LogP contribution in [0.2, 0.25) is 0 Å². The van der Waals surface area contributed by atoms with Crippen molar-refractivity contribution in [1.82, 2.24) is 9.78 Å². The van der Waals surface area contributed by atoms with Crippen LogP contribution in [0.4, 0.5) is 4.39 Å². The Balaban J connectivity index is 2.10. The van der Waals surface area contributed by atoms with Gasteiger partial charge in [0.1, 0.15) is 18.2 Å². The van der Waals surface area contributed by atoms with Gasteiger partial charge >= 0.3 is 0 Å². The largest absolute Gasteiger partial charge is 0.488 e. The number of rotatable bonds is 5. The van der Waals surface area contributed by atoms with Crippen molar-refractivity contribution >= 4 is 0 Å². The van der Waals surface area contributed by atoms with Crippen molar-refractivity contribution < 1.29 is 9.13 Å². The Bertz CT molecular complexity index is 551. The van der Waals surface area contributed by atoms with Crippen LogP contribution in [-0.2, 0) is 13.2 Å². The number of nitrogens with two attached hydrogens (primary N) is 1. The number of ether oxygens (including phenoxy) is 1. The Kier molecular flexibility index (Phi) is 4.16. The minimum absolute atomic E-state index is 0.274. The van der Waals surface area contributed by atoms with Crippen LogP contribution in [0.25, 0.3) is 0 Å². The number of hydrogen-bond acceptors (Lipinski definition) is 3. The first kappa shape index (κ1) is 13.5. The van der Waals surface area contributed by atoms with E-state index in [9.17, 15) is 4.39 Å². The lowest BCUT2D eigenvalue weighted by molar-refractivity contribution is 0.300. The summed E-state index contributed by atoms with van der Waals surface area (Å²) in [4.78, 5) is 0. The van der Waals surface area contributed by atoms with Gasteiger partial charge in [0, 0.05) is 29.9 Å². The molecule has 0 aliphatic carbocycles. The standard InChI is InChI=1S/C14H18FN3O/c1-3-18-8-11(7-17-18)9-19-14-5-4-12(15)6-13(14)10(2)16/h4-8,10H,3,9,16H2,1-2H3. The van der Waals surface area contributed by atoms with E-state index >= 15 is 0 Å². The van der Waals surface area contributed by atoms with Gasteiger partial charge in [0.15, 0.2) is 0 Å². The number of halogens is 1. The molecule has 0 saturated heterocycles. The number of aryl methyl sites for hydroxylation is 1. The SMILES string of the molecule is CCn1cc(COc2ccc(F)cc2C(C)N)cn1. The summed E-state index contributed by atoms with van der Waals surface area (Å²) in [5, 5.41) is 4.17. The molecule has 0 radical (unpaired) electrons. The van der Waals surface area contributed by atoms with Gasteiger partial charge in [-0.05, 0) is 32.0 Å². The van der Waals surface area contributed by atoms with E-state index in [1.54, 1.807) is 19.2 Å². The summed E-state index contributed by atoms with van der Waals surface area (Å²) in [7, 11) is 0. The van der Waals surface area contributed by atoms with E-state index in [1.165, 1.54) is 12.1 Å². The first-order valence-corrected chi connectivity index (χ1v) is 6.29. The summed E-state index contributed by atoms with van der Waals surface area (Å²) in [6.45, 7) is 5.04. The minimum Gasteiger partial charge on any atom is -0.488 e. The Hall–Kier alpha value is -1.88. The van der Waals surface area contributed by atoms with Gasteiger partial charge in [-0.25, -0.2) is 4.39 Å². The van der Waals surface area contributed by atoms with Crippen LogP contribution in [0, 0.1) is 5.82 Å². The molecule has 1 unspecified atom stereocenters. The highest BCUT2D eigenvalue weighted by molar-refractivity contribution is 5.36. The van der Waals surface area contributed by atoms with E-state index in [1.807, 2.05) is 17.8 Å². The van der Waals surface area contributed by atoms with Gasteiger partial charge in [-0.15, -0.1) is 0 Å². The normalized spacial score (nSPS) is 12.4. The van der Waals surface area contributed by atoms with Crippen molar-refractivity contribution in [3.63, 3.8) is 0 Å². The van der Waals surface area contributed by atoms with Crippen molar-refractivity contribution in [1.29, 1.82) is 0 Å². The maximum Gasteiger partial charge on any atom is 0.124 e. The van der Waals surface area contributed by atoms with Crippen LogP contribution in [0.1, 0.15) is 31.0 Å². The van der Waals surface area contributed by atoms with Crippen LogP contribution in [0.3, 0.4) is 0 Å². The minimum atomic E-state index is -0.307. The third kappa shape index (κ3) is 3.32. The lowest BCUT2D eigenvalue weighted by Crippen LogP contribution is -2.08. The molecule has 0 fully saturated rings. The molecule has 19 heavy (non-hydrogen) atoms. The van der Waals surface area contributed by atoms with Gasteiger partial charge in [0.25, 0.3) is 0 Å². The lowest BCUT2D eigenvalue weighted by Gasteiger charge is -2.13. The molecule has 5 heteroatoms.